The Kier molecular flexibility index (Phi) is 5.55. The zero-order valence-electron chi connectivity index (χ0n) is 14.2. The lowest BCUT2D eigenvalue weighted by molar-refractivity contribution is -0.136. The van der Waals surface area contributed by atoms with Crippen molar-refractivity contribution in [3.05, 3.63) is 29.8 Å². The molecule has 1 aromatic rings. The number of rotatable bonds is 5. The van der Waals surface area contributed by atoms with Crippen molar-refractivity contribution < 1.29 is 9.53 Å². The Morgan fingerprint density at radius 2 is 1.91 bits per heavy atom. The van der Waals surface area contributed by atoms with Crippen LogP contribution in [0.25, 0.3) is 0 Å². The van der Waals surface area contributed by atoms with Crippen molar-refractivity contribution in [2.24, 2.45) is 5.92 Å². The van der Waals surface area contributed by atoms with Gasteiger partial charge < -0.3 is 9.64 Å². The van der Waals surface area contributed by atoms with Crippen LogP contribution in [0.2, 0.25) is 0 Å². The molecule has 2 heterocycles. The highest BCUT2D eigenvalue weighted by atomic mass is 16.5. The average Bonchev–Trinajstić information content (AvgIpc) is 3.10. The van der Waals surface area contributed by atoms with Gasteiger partial charge in [-0.15, -0.1) is 0 Å². The maximum absolute atomic E-state index is 12.5. The number of piperidine rings is 1. The van der Waals surface area contributed by atoms with Gasteiger partial charge in [0.1, 0.15) is 5.75 Å². The average molecular weight is 316 g/mol. The van der Waals surface area contributed by atoms with E-state index in [4.69, 9.17) is 4.74 Å². The molecule has 2 fully saturated rings. The Balaban J connectivity index is 1.49. The summed E-state index contributed by atoms with van der Waals surface area (Å²) < 4.78 is 5.57. The van der Waals surface area contributed by atoms with Crippen molar-refractivity contribution in [1.82, 2.24) is 9.80 Å². The molecule has 0 bridgehead atoms. The fourth-order valence-corrected chi connectivity index (χ4v) is 3.69. The molecule has 0 aliphatic carbocycles. The van der Waals surface area contributed by atoms with Gasteiger partial charge in [0.15, 0.2) is 0 Å². The lowest BCUT2D eigenvalue weighted by Crippen LogP contribution is -2.41. The largest absolute Gasteiger partial charge is 0.494 e. The van der Waals surface area contributed by atoms with E-state index in [1.165, 1.54) is 18.4 Å². The molecule has 2 aliphatic heterocycles. The third-order valence-electron chi connectivity index (χ3n) is 4.97. The summed E-state index contributed by atoms with van der Waals surface area (Å²) in [5.74, 6) is 1.60. The fourth-order valence-electron chi connectivity index (χ4n) is 3.69. The first kappa shape index (κ1) is 16.3. The summed E-state index contributed by atoms with van der Waals surface area (Å²) in [6.07, 6.45) is 4.36. The summed E-state index contributed by atoms with van der Waals surface area (Å²) in [4.78, 5) is 17.0. The van der Waals surface area contributed by atoms with E-state index in [0.29, 0.717) is 12.5 Å². The zero-order chi connectivity index (χ0) is 16.1. The number of likely N-dealkylation sites (tertiary alicyclic amines) is 2. The lowest BCUT2D eigenvalue weighted by Gasteiger charge is -2.33. The first-order valence-electron chi connectivity index (χ1n) is 8.99. The third-order valence-corrected chi connectivity index (χ3v) is 4.97. The predicted molar refractivity (Wildman–Crippen MR) is 91.4 cm³/mol. The summed E-state index contributed by atoms with van der Waals surface area (Å²) in [6.45, 7) is 7.65. The molecule has 1 aromatic carbocycles. The molecule has 0 saturated carbocycles. The van der Waals surface area contributed by atoms with Gasteiger partial charge in [0.25, 0.3) is 0 Å². The second-order valence-electron chi connectivity index (χ2n) is 6.66. The number of hydrogen-bond donors (Lipinski definition) is 0. The monoisotopic (exact) mass is 316 g/mol. The highest BCUT2D eigenvalue weighted by molar-refractivity contribution is 5.79. The molecule has 2 aliphatic rings. The van der Waals surface area contributed by atoms with Crippen LogP contribution in [0.5, 0.6) is 5.75 Å². The molecular formula is C19H28N2O2. The van der Waals surface area contributed by atoms with Crippen molar-refractivity contribution in [3.63, 3.8) is 0 Å². The summed E-state index contributed by atoms with van der Waals surface area (Å²) >= 11 is 0. The summed E-state index contributed by atoms with van der Waals surface area (Å²) in [5.41, 5.74) is 1.29. The molecule has 126 valence electrons. The standard InChI is InChI=1S/C19H28N2O2/c1-2-23-18-7-5-6-16(14-18)15-20-12-8-17(9-13-20)19(22)21-10-3-4-11-21/h5-7,14,17H,2-4,8-13,15H2,1H3. The molecule has 3 rings (SSSR count). The molecule has 0 atom stereocenters. The normalized spacial score (nSPS) is 20.0. The van der Waals surface area contributed by atoms with Crippen LogP contribution in [-0.4, -0.2) is 48.5 Å². The molecule has 0 spiro atoms. The highest BCUT2D eigenvalue weighted by Crippen LogP contribution is 2.24. The van der Waals surface area contributed by atoms with E-state index >= 15 is 0 Å². The first-order valence-corrected chi connectivity index (χ1v) is 8.99. The molecule has 0 unspecified atom stereocenters. The number of ether oxygens (including phenoxy) is 1. The van der Waals surface area contributed by atoms with E-state index in [0.717, 1.165) is 51.3 Å². The van der Waals surface area contributed by atoms with E-state index in [9.17, 15) is 4.79 Å². The maximum atomic E-state index is 12.5. The van der Waals surface area contributed by atoms with E-state index in [-0.39, 0.29) is 5.92 Å². The summed E-state index contributed by atoms with van der Waals surface area (Å²) in [6, 6.07) is 8.35. The first-order chi connectivity index (χ1) is 11.3. The molecule has 0 aromatic heterocycles. The van der Waals surface area contributed by atoms with E-state index in [2.05, 4.69) is 28.0 Å². The molecule has 2 saturated heterocycles. The molecule has 0 radical (unpaired) electrons. The van der Waals surface area contributed by atoms with Gasteiger partial charge in [0, 0.05) is 25.6 Å². The van der Waals surface area contributed by atoms with Gasteiger partial charge in [-0.1, -0.05) is 12.1 Å². The number of amides is 1. The lowest BCUT2D eigenvalue weighted by atomic mass is 9.95. The smallest absolute Gasteiger partial charge is 0.225 e. The van der Waals surface area contributed by atoms with E-state index in [1.54, 1.807) is 0 Å². The van der Waals surface area contributed by atoms with Gasteiger partial charge in [0.05, 0.1) is 6.61 Å². The van der Waals surface area contributed by atoms with Crippen LogP contribution >= 0.6 is 0 Å². The number of carbonyl (C=O) groups is 1. The number of benzene rings is 1. The van der Waals surface area contributed by atoms with E-state index in [1.807, 2.05) is 13.0 Å². The molecule has 1 amide bonds. The van der Waals surface area contributed by atoms with Gasteiger partial charge >= 0.3 is 0 Å². The van der Waals surface area contributed by atoms with Gasteiger partial charge in [-0.2, -0.15) is 0 Å². The highest BCUT2D eigenvalue weighted by Gasteiger charge is 2.29. The van der Waals surface area contributed by atoms with Crippen molar-refractivity contribution >= 4 is 5.91 Å². The molecular weight excluding hydrogens is 288 g/mol. The van der Waals surface area contributed by atoms with Crippen LogP contribution in [0.15, 0.2) is 24.3 Å². The Morgan fingerprint density at radius 1 is 1.17 bits per heavy atom. The zero-order valence-corrected chi connectivity index (χ0v) is 14.2. The Morgan fingerprint density at radius 3 is 2.61 bits per heavy atom. The summed E-state index contributed by atoms with van der Waals surface area (Å²) in [5, 5.41) is 0. The van der Waals surface area contributed by atoms with Crippen molar-refractivity contribution in [3.8, 4) is 5.75 Å². The van der Waals surface area contributed by atoms with E-state index < -0.39 is 0 Å². The number of nitrogens with zero attached hydrogens (tertiary/aromatic N) is 2. The number of hydrogen-bond acceptors (Lipinski definition) is 3. The number of carbonyl (C=O) groups excluding carboxylic acids is 1. The molecule has 23 heavy (non-hydrogen) atoms. The second kappa shape index (κ2) is 7.82. The molecule has 4 nitrogen and oxygen atoms in total. The minimum absolute atomic E-state index is 0.249. The maximum Gasteiger partial charge on any atom is 0.225 e. The van der Waals surface area contributed by atoms with Crippen LogP contribution in [0.1, 0.15) is 38.2 Å². The Hall–Kier alpha value is -1.55. The fraction of sp³-hybridized carbons (Fsp3) is 0.632. The molecule has 0 N–H and O–H groups in total. The third kappa shape index (κ3) is 4.25. The van der Waals surface area contributed by atoms with Crippen molar-refractivity contribution in [2.45, 2.75) is 39.2 Å². The van der Waals surface area contributed by atoms with Crippen LogP contribution in [0.4, 0.5) is 0 Å². The van der Waals surface area contributed by atoms with Crippen molar-refractivity contribution in [2.75, 3.05) is 32.8 Å². The van der Waals surface area contributed by atoms with Gasteiger partial charge in [0.2, 0.25) is 5.91 Å². The molecule has 4 heteroatoms. The van der Waals surface area contributed by atoms with Gasteiger partial charge in [-0.25, -0.2) is 0 Å². The van der Waals surface area contributed by atoms with Crippen LogP contribution in [0.3, 0.4) is 0 Å². The minimum atomic E-state index is 0.249. The Labute approximate surface area is 139 Å². The summed E-state index contributed by atoms with van der Waals surface area (Å²) in [7, 11) is 0. The van der Waals surface area contributed by atoms with Crippen molar-refractivity contribution in [1.29, 1.82) is 0 Å². The van der Waals surface area contributed by atoms with Gasteiger partial charge in [-0.05, 0) is 63.4 Å². The van der Waals surface area contributed by atoms with Crippen LogP contribution < -0.4 is 4.74 Å². The van der Waals surface area contributed by atoms with Crippen LogP contribution in [-0.2, 0) is 11.3 Å². The van der Waals surface area contributed by atoms with Crippen LogP contribution in [0, 0.1) is 5.92 Å². The minimum Gasteiger partial charge on any atom is -0.494 e. The van der Waals surface area contributed by atoms with Gasteiger partial charge in [-0.3, -0.25) is 9.69 Å². The topological polar surface area (TPSA) is 32.8 Å². The Bertz CT molecular complexity index is 518. The quantitative estimate of drug-likeness (QED) is 0.837. The predicted octanol–water partition coefficient (Wildman–Crippen LogP) is 2.92. The second-order valence-corrected chi connectivity index (χ2v) is 6.66. The SMILES string of the molecule is CCOc1cccc(CN2CCC(C(=O)N3CCCC3)CC2)c1.